The van der Waals surface area contributed by atoms with E-state index in [0.717, 1.165) is 63.8 Å². The van der Waals surface area contributed by atoms with E-state index in [4.69, 9.17) is 5.73 Å². The Balaban J connectivity index is 1.32. The summed E-state index contributed by atoms with van der Waals surface area (Å²) in [7, 11) is 0. The third-order valence-corrected chi connectivity index (χ3v) is 6.35. The number of aryl methyl sites for hydroxylation is 1. The maximum absolute atomic E-state index is 12.9. The van der Waals surface area contributed by atoms with Gasteiger partial charge < -0.3 is 15.5 Å². The van der Waals surface area contributed by atoms with E-state index < -0.39 is 5.54 Å². The van der Waals surface area contributed by atoms with Crippen LogP contribution in [0.2, 0.25) is 0 Å². The van der Waals surface area contributed by atoms with Crippen LogP contribution in [-0.2, 0) is 16.0 Å². The lowest BCUT2D eigenvalue weighted by molar-refractivity contribution is -0.138. The molecule has 1 aromatic carbocycles. The summed E-state index contributed by atoms with van der Waals surface area (Å²) in [6, 6.07) is 8.20. The topological polar surface area (TPSA) is 69.9 Å². The highest BCUT2D eigenvalue weighted by atomic mass is 16.2. The second-order valence-electron chi connectivity index (χ2n) is 8.21. The number of nitrogens with zero attached hydrogens (tertiary/aromatic N) is 3. The normalized spacial score (nSPS) is 22.6. The molecule has 2 amide bonds. The molecule has 146 valence electrons. The van der Waals surface area contributed by atoms with Crippen LogP contribution in [0.25, 0.3) is 0 Å². The largest absolute Gasteiger partial charge is 0.339 e. The summed E-state index contributed by atoms with van der Waals surface area (Å²) in [4.78, 5) is 31.6. The van der Waals surface area contributed by atoms with Crippen LogP contribution in [0, 0.1) is 0 Å². The molecule has 2 heterocycles. The summed E-state index contributed by atoms with van der Waals surface area (Å²) in [5.41, 5.74) is 8.01. The average molecular weight is 370 g/mol. The highest BCUT2D eigenvalue weighted by molar-refractivity contribution is 5.96. The molecule has 2 aliphatic heterocycles. The second-order valence-corrected chi connectivity index (χ2v) is 8.21. The van der Waals surface area contributed by atoms with Gasteiger partial charge in [0.2, 0.25) is 11.8 Å². The molecule has 0 atom stereocenters. The van der Waals surface area contributed by atoms with E-state index in [1.807, 2.05) is 28.0 Å². The monoisotopic (exact) mass is 370 g/mol. The summed E-state index contributed by atoms with van der Waals surface area (Å²) < 4.78 is 0. The minimum Gasteiger partial charge on any atom is -0.339 e. The number of para-hydroxylation sites is 1. The van der Waals surface area contributed by atoms with Crippen molar-refractivity contribution in [2.75, 3.05) is 44.2 Å². The summed E-state index contributed by atoms with van der Waals surface area (Å²) >= 11 is 0. The number of anilines is 1. The molecule has 0 unspecified atom stereocenters. The van der Waals surface area contributed by atoms with Crippen LogP contribution >= 0.6 is 0 Å². The molecule has 1 aromatic rings. The van der Waals surface area contributed by atoms with Gasteiger partial charge >= 0.3 is 0 Å². The van der Waals surface area contributed by atoms with Gasteiger partial charge in [-0.25, -0.2) is 0 Å². The first-order chi connectivity index (χ1) is 13.1. The van der Waals surface area contributed by atoms with Gasteiger partial charge in [0.25, 0.3) is 0 Å². The number of hydrogen-bond donors (Lipinski definition) is 1. The number of hydrogen-bond acceptors (Lipinski definition) is 4. The molecule has 2 N–H and O–H groups in total. The Bertz CT molecular complexity index is 706. The van der Waals surface area contributed by atoms with Crippen LogP contribution in [0.3, 0.4) is 0 Å². The summed E-state index contributed by atoms with van der Waals surface area (Å²) in [5, 5.41) is 0. The predicted octanol–water partition coefficient (Wildman–Crippen LogP) is 1.38. The Kier molecular flexibility index (Phi) is 5.19. The van der Waals surface area contributed by atoms with Crippen LogP contribution in [-0.4, -0.2) is 66.4 Å². The Morgan fingerprint density at radius 3 is 2.41 bits per heavy atom. The first kappa shape index (κ1) is 18.4. The van der Waals surface area contributed by atoms with E-state index in [1.165, 1.54) is 5.56 Å². The van der Waals surface area contributed by atoms with Gasteiger partial charge in [-0.05, 0) is 37.3 Å². The summed E-state index contributed by atoms with van der Waals surface area (Å²) in [6.45, 7) is 4.03. The molecule has 2 fully saturated rings. The fraction of sp³-hybridized carbons (Fsp3) is 0.619. The molecule has 27 heavy (non-hydrogen) atoms. The van der Waals surface area contributed by atoms with Gasteiger partial charge in [-0.15, -0.1) is 0 Å². The maximum Gasteiger partial charge on any atom is 0.242 e. The predicted molar refractivity (Wildman–Crippen MR) is 106 cm³/mol. The molecule has 0 aromatic heterocycles. The first-order valence-corrected chi connectivity index (χ1v) is 10.3. The van der Waals surface area contributed by atoms with E-state index in [0.29, 0.717) is 19.6 Å². The SMILES string of the molecule is NC1(C(=O)N2CCN(CC(=O)N3CCCc4ccccc43)CC2)CCCC1. The van der Waals surface area contributed by atoms with Crippen LogP contribution in [0.4, 0.5) is 5.69 Å². The number of fused-ring (bicyclic) bond motifs is 1. The molecule has 6 nitrogen and oxygen atoms in total. The van der Waals surface area contributed by atoms with E-state index in [9.17, 15) is 9.59 Å². The molecule has 6 heteroatoms. The molecule has 0 radical (unpaired) electrons. The third-order valence-electron chi connectivity index (χ3n) is 6.35. The minimum absolute atomic E-state index is 0.107. The van der Waals surface area contributed by atoms with Crippen LogP contribution in [0.15, 0.2) is 24.3 Å². The van der Waals surface area contributed by atoms with Crippen molar-refractivity contribution in [3.05, 3.63) is 29.8 Å². The van der Waals surface area contributed by atoms with Gasteiger partial charge in [0.15, 0.2) is 0 Å². The first-order valence-electron chi connectivity index (χ1n) is 10.3. The zero-order chi connectivity index (χ0) is 18.9. The van der Waals surface area contributed by atoms with Gasteiger partial charge in [-0.1, -0.05) is 31.0 Å². The third kappa shape index (κ3) is 3.73. The molecule has 3 aliphatic rings. The average Bonchev–Trinajstić information content (AvgIpc) is 3.15. The Morgan fingerprint density at radius 1 is 0.963 bits per heavy atom. The van der Waals surface area contributed by atoms with Crippen molar-refractivity contribution in [3.8, 4) is 0 Å². The summed E-state index contributed by atoms with van der Waals surface area (Å²) in [6.07, 6.45) is 5.77. The lowest BCUT2D eigenvalue weighted by atomic mass is 9.97. The van der Waals surface area contributed by atoms with E-state index in [2.05, 4.69) is 11.0 Å². The molecule has 1 aliphatic carbocycles. The maximum atomic E-state index is 12.9. The van der Waals surface area contributed by atoms with Crippen LogP contribution in [0.1, 0.15) is 37.7 Å². The Morgan fingerprint density at radius 2 is 1.67 bits per heavy atom. The highest BCUT2D eigenvalue weighted by Gasteiger charge is 2.40. The number of amides is 2. The number of carbonyl (C=O) groups is 2. The fourth-order valence-electron chi connectivity index (χ4n) is 4.71. The van der Waals surface area contributed by atoms with Crippen molar-refractivity contribution in [3.63, 3.8) is 0 Å². The van der Waals surface area contributed by atoms with Crippen molar-refractivity contribution >= 4 is 17.5 Å². The Hall–Kier alpha value is -1.92. The molecule has 0 bridgehead atoms. The number of piperazine rings is 1. The van der Waals surface area contributed by atoms with Crippen LogP contribution < -0.4 is 10.6 Å². The number of nitrogens with two attached hydrogens (primary N) is 1. The van der Waals surface area contributed by atoms with Crippen LogP contribution in [0.5, 0.6) is 0 Å². The number of rotatable bonds is 3. The molecule has 0 spiro atoms. The molecule has 1 saturated carbocycles. The van der Waals surface area contributed by atoms with Gasteiger partial charge in [-0.2, -0.15) is 0 Å². The lowest BCUT2D eigenvalue weighted by Gasteiger charge is -2.39. The van der Waals surface area contributed by atoms with E-state index >= 15 is 0 Å². The smallest absolute Gasteiger partial charge is 0.242 e. The lowest BCUT2D eigenvalue weighted by Crippen LogP contribution is -2.59. The highest BCUT2D eigenvalue weighted by Crippen LogP contribution is 2.30. The van der Waals surface area contributed by atoms with E-state index in [-0.39, 0.29) is 11.8 Å². The minimum atomic E-state index is -0.643. The van der Waals surface area contributed by atoms with E-state index in [1.54, 1.807) is 0 Å². The quantitative estimate of drug-likeness (QED) is 0.873. The van der Waals surface area contributed by atoms with Gasteiger partial charge in [0.05, 0.1) is 12.1 Å². The van der Waals surface area contributed by atoms with Crippen molar-refractivity contribution < 1.29 is 9.59 Å². The molecular weight excluding hydrogens is 340 g/mol. The zero-order valence-electron chi connectivity index (χ0n) is 16.0. The second kappa shape index (κ2) is 7.60. The number of carbonyl (C=O) groups excluding carboxylic acids is 2. The van der Waals surface area contributed by atoms with Crippen molar-refractivity contribution in [1.82, 2.24) is 9.80 Å². The fourth-order valence-corrected chi connectivity index (χ4v) is 4.71. The molecular formula is C21H30N4O2. The van der Waals surface area contributed by atoms with Gasteiger partial charge in [-0.3, -0.25) is 14.5 Å². The summed E-state index contributed by atoms with van der Waals surface area (Å²) in [5.74, 6) is 0.268. The van der Waals surface area contributed by atoms with Crippen molar-refractivity contribution in [2.45, 2.75) is 44.1 Å². The molecule has 1 saturated heterocycles. The van der Waals surface area contributed by atoms with Crippen molar-refractivity contribution in [2.24, 2.45) is 5.73 Å². The standard InChI is InChI=1S/C21H30N4O2/c22-21(9-3-4-10-21)20(27)24-14-12-23(13-15-24)16-19(26)25-11-5-7-17-6-1-2-8-18(17)25/h1-2,6,8H,3-5,7,9-16,22H2. The number of benzene rings is 1. The van der Waals surface area contributed by atoms with Gasteiger partial charge in [0.1, 0.15) is 0 Å². The Labute approximate surface area is 161 Å². The van der Waals surface area contributed by atoms with Gasteiger partial charge in [0, 0.05) is 38.4 Å². The van der Waals surface area contributed by atoms with Crippen molar-refractivity contribution in [1.29, 1.82) is 0 Å². The molecule has 4 rings (SSSR count). The zero-order valence-corrected chi connectivity index (χ0v) is 16.0.